The molecule has 13 heavy (non-hydrogen) atoms. The molecule has 0 aromatic rings. The molecule has 1 fully saturated rings. The van der Waals surface area contributed by atoms with Crippen molar-refractivity contribution in [3.05, 3.63) is 0 Å². The first kappa shape index (κ1) is 12.9. The number of rotatable bonds is 2. The Bertz CT molecular complexity index is 113. The fraction of sp³-hybridized carbons (Fsp3) is 1.00. The molecule has 1 saturated heterocycles. The maximum absolute atomic E-state index is 3.31. The van der Waals surface area contributed by atoms with Crippen molar-refractivity contribution in [2.45, 2.75) is 52.6 Å². The van der Waals surface area contributed by atoms with Crippen molar-refractivity contribution in [2.75, 3.05) is 20.1 Å². The van der Waals surface area contributed by atoms with Crippen LogP contribution in [-0.2, 0) is 0 Å². The zero-order valence-corrected chi connectivity index (χ0v) is 9.93. The fourth-order valence-corrected chi connectivity index (χ4v) is 1.49. The molecule has 1 N–H and O–H groups in total. The van der Waals surface area contributed by atoms with Crippen LogP contribution < -0.4 is 5.32 Å². The van der Waals surface area contributed by atoms with E-state index in [1.54, 1.807) is 0 Å². The number of hydrogen-bond acceptors (Lipinski definition) is 2. The maximum atomic E-state index is 3.31. The van der Waals surface area contributed by atoms with Crippen LogP contribution in [0.5, 0.6) is 0 Å². The summed E-state index contributed by atoms with van der Waals surface area (Å²) in [6.07, 6.45) is 2.56. The highest BCUT2D eigenvalue weighted by atomic mass is 15.2. The Morgan fingerprint density at radius 3 is 2.15 bits per heavy atom. The van der Waals surface area contributed by atoms with Gasteiger partial charge in [-0.1, -0.05) is 20.3 Å². The third-order valence-corrected chi connectivity index (χ3v) is 2.36. The van der Waals surface area contributed by atoms with E-state index in [0.717, 1.165) is 12.1 Å². The van der Waals surface area contributed by atoms with E-state index >= 15 is 0 Å². The number of nitrogens with zero attached hydrogens (tertiary/aromatic N) is 1. The molecule has 1 unspecified atom stereocenters. The highest BCUT2D eigenvalue weighted by Crippen LogP contribution is 2.11. The van der Waals surface area contributed by atoms with E-state index < -0.39 is 0 Å². The summed E-state index contributed by atoms with van der Waals surface area (Å²) in [6, 6.07) is 1.46. The van der Waals surface area contributed by atoms with Gasteiger partial charge in [0.25, 0.3) is 0 Å². The summed E-state index contributed by atoms with van der Waals surface area (Å²) in [5, 5.41) is 3.31. The van der Waals surface area contributed by atoms with Crippen molar-refractivity contribution in [1.29, 1.82) is 0 Å². The summed E-state index contributed by atoms with van der Waals surface area (Å²) < 4.78 is 0. The van der Waals surface area contributed by atoms with Gasteiger partial charge in [-0.15, -0.1) is 0 Å². The molecule has 0 aliphatic carbocycles. The van der Waals surface area contributed by atoms with Gasteiger partial charge in [-0.25, -0.2) is 0 Å². The smallest absolute Gasteiger partial charge is 0.0204 e. The lowest BCUT2D eigenvalue weighted by atomic mass is 10.3. The highest BCUT2D eigenvalue weighted by Gasteiger charge is 2.21. The van der Waals surface area contributed by atoms with E-state index in [1.807, 2.05) is 0 Å². The summed E-state index contributed by atoms with van der Waals surface area (Å²) in [5.41, 5.74) is 0. The van der Waals surface area contributed by atoms with Gasteiger partial charge in [0.15, 0.2) is 0 Å². The van der Waals surface area contributed by atoms with E-state index in [0.29, 0.717) is 0 Å². The van der Waals surface area contributed by atoms with Crippen LogP contribution in [0, 0.1) is 0 Å². The van der Waals surface area contributed by atoms with E-state index in [1.165, 1.54) is 25.9 Å². The molecule has 1 aliphatic heterocycles. The molecule has 0 amide bonds. The molecular formula is C11H26N2. The third-order valence-electron chi connectivity index (χ3n) is 2.36. The van der Waals surface area contributed by atoms with Crippen LogP contribution in [0.1, 0.15) is 40.5 Å². The van der Waals surface area contributed by atoms with E-state index in [4.69, 9.17) is 0 Å². The molecule has 2 nitrogen and oxygen atoms in total. The Morgan fingerprint density at radius 2 is 1.92 bits per heavy atom. The Balaban J connectivity index is 0.000000424. The summed E-state index contributed by atoms with van der Waals surface area (Å²) in [4.78, 5) is 2.52. The fourth-order valence-electron chi connectivity index (χ4n) is 1.49. The maximum Gasteiger partial charge on any atom is 0.0204 e. The third kappa shape index (κ3) is 5.27. The summed E-state index contributed by atoms with van der Waals surface area (Å²) in [6.45, 7) is 11.3. The largest absolute Gasteiger partial charge is 0.316 e. The van der Waals surface area contributed by atoms with Crippen LogP contribution in [0.3, 0.4) is 0 Å². The minimum Gasteiger partial charge on any atom is -0.316 e. The van der Waals surface area contributed by atoms with Crippen LogP contribution in [0.4, 0.5) is 0 Å². The number of likely N-dealkylation sites (tertiary alicyclic amines) is 1. The molecule has 2 heteroatoms. The molecule has 1 atom stereocenters. The Kier molecular flexibility index (Phi) is 7.29. The van der Waals surface area contributed by atoms with Gasteiger partial charge in [0.2, 0.25) is 0 Å². The molecule has 0 spiro atoms. The molecule has 0 aromatic carbocycles. The van der Waals surface area contributed by atoms with E-state index in [-0.39, 0.29) is 0 Å². The quantitative estimate of drug-likeness (QED) is 0.710. The van der Waals surface area contributed by atoms with Gasteiger partial charge in [-0.2, -0.15) is 0 Å². The van der Waals surface area contributed by atoms with Gasteiger partial charge >= 0.3 is 0 Å². The van der Waals surface area contributed by atoms with E-state index in [2.05, 4.69) is 45.0 Å². The molecular weight excluding hydrogens is 160 g/mol. The zero-order chi connectivity index (χ0) is 10.3. The molecule has 1 aliphatic rings. The van der Waals surface area contributed by atoms with Crippen LogP contribution in [-0.4, -0.2) is 37.1 Å². The first-order valence-electron chi connectivity index (χ1n) is 5.56. The van der Waals surface area contributed by atoms with Gasteiger partial charge in [0, 0.05) is 18.6 Å². The van der Waals surface area contributed by atoms with Crippen molar-refractivity contribution >= 4 is 0 Å². The molecule has 0 bridgehead atoms. The Labute approximate surface area is 83.7 Å². The first-order valence-corrected chi connectivity index (χ1v) is 5.56. The second-order valence-corrected chi connectivity index (χ2v) is 4.07. The van der Waals surface area contributed by atoms with Crippen LogP contribution >= 0.6 is 0 Å². The zero-order valence-electron chi connectivity index (χ0n) is 9.93. The normalized spacial score (nSPS) is 23.1. The van der Waals surface area contributed by atoms with Crippen LogP contribution in [0.25, 0.3) is 0 Å². The summed E-state index contributed by atoms with van der Waals surface area (Å²) in [5.74, 6) is 0. The van der Waals surface area contributed by atoms with E-state index in [9.17, 15) is 0 Å². The standard InChI is InChI=1S/C8H18N2.C3H8/c1-7(2)10-5-4-8(6-10)9-3;1-3-2/h7-9H,4-6H2,1-3H3;3H2,1-2H3. The van der Waals surface area contributed by atoms with Gasteiger partial charge < -0.3 is 5.32 Å². The molecule has 0 aromatic heterocycles. The summed E-state index contributed by atoms with van der Waals surface area (Å²) in [7, 11) is 2.05. The van der Waals surface area contributed by atoms with Crippen molar-refractivity contribution in [3.8, 4) is 0 Å². The number of nitrogens with one attached hydrogen (secondary N) is 1. The minimum absolute atomic E-state index is 0.721. The average molecular weight is 186 g/mol. The van der Waals surface area contributed by atoms with Crippen molar-refractivity contribution in [2.24, 2.45) is 0 Å². The lowest BCUT2D eigenvalue weighted by Gasteiger charge is -2.19. The SMILES string of the molecule is CCC.CNC1CCN(C(C)C)C1. The number of likely N-dealkylation sites (N-methyl/N-ethyl adjacent to an activating group) is 1. The number of hydrogen-bond donors (Lipinski definition) is 1. The van der Waals surface area contributed by atoms with Crippen molar-refractivity contribution in [3.63, 3.8) is 0 Å². The minimum atomic E-state index is 0.721. The van der Waals surface area contributed by atoms with Crippen molar-refractivity contribution < 1.29 is 0 Å². The monoisotopic (exact) mass is 186 g/mol. The second-order valence-electron chi connectivity index (χ2n) is 4.07. The molecule has 0 saturated carbocycles. The summed E-state index contributed by atoms with van der Waals surface area (Å²) >= 11 is 0. The Hall–Kier alpha value is -0.0800. The van der Waals surface area contributed by atoms with Gasteiger partial charge in [0.1, 0.15) is 0 Å². The van der Waals surface area contributed by atoms with Gasteiger partial charge in [0.05, 0.1) is 0 Å². The molecule has 1 rings (SSSR count). The lowest BCUT2D eigenvalue weighted by molar-refractivity contribution is 0.269. The predicted octanol–water partition coefficient (Wildman–Crippen LogP) is 2.10. The Morgan fingerprint density at radius 1 is 1.38 bits per heavy atom. The first-order chi connectivity index (χ1) is 6.15. The molecule has 0 radical (unpaired) electrons. The van der Waals surface area contributed by atoms with Gasteiger partial charge in [-0.05, 0) is 33.9 Å². The van der Waals surface area contributed by atoms with Crippen molar-refractivity contribution in [1.82, 2.24) is 10.2 Å². The van der Waals surface area contributed by atoms with Crippen LogP contribution in [0.2, 0.25) is 0 Å². The van der Waals surface area contributed by atoms with Crippen LogP contribution in [0.15, 0.2) is 0 Å². The molecule has 80 valence electrons. The average Bonchev–Trinajstić information content (AvgIpc) is 2.53. The molecule has 1 heterocycles. The highest BCUT2D eigenvalue weighted by molar-refractivity contribution is 4.81. The topological polar surface area (TPSA) is 15.3 Å². The second kappa shape index (κ2) is 7.34. The lowest BCUT2D eigenvalue weighted by Crippen LogP contribution is -2.33. The predicted molar refractivity (Wildman–Crippen MR) is 60.1 cm³/mol. The van der Waals surface area contributed by atoms with Gasteiger partial charge in [-0.3, -0.25) is 4.90 Å².